The number of ether oxygens (including phenoxy) is 4. The molecule has 0 N–H and O–H groups in total. The quantitative estimate of drug-likeness (QED) is 0.321. The van der Waals surface area contributed by atoms with Gasteiger partial charge in [-0.3, -0.25) is 19.3 Å². The molecule has 0 saturated carbocycles. The summed E-state index contributed by atoms with van der Waals surface area (Å²) in [7, 11) is 4.01. The second-order valence-electron chi connectivity index (χ2n) is 10.9. The fourth-order valence-electron chi connectivity index (χ4n) is 7.16. The van der Waals surface area contributed by atoms with Crippen LogP contribution >= 0.6 is 0 Å². The Balaban J connectivity index is 1.71. The number of aromatic nitrogens is 1. The number of hydrogen-bond acceptors (Lipinski definition) is 9. The number of Topliss-reactive ketones (excluding diaryl/α,β-unsaturated/α-hetero) is 1. The van der Waals surface area contributed by atoms with Crippen molar-refractivity contribution in [1.82, 2.24) is 9.88 Å². The highest BCUT2D eigenvalue weighted by Gasteiger charge is 2.64. The van der Waals surface area contributed by atoms with E-state index in [1.807, 2.05) is 17.0 Å². The molecule has 11 heteroatoms. The van der Waals surface area contributed by atoms with Gasteiger partial charge in [-0.25, -0.2) is 9.78 Å². The monoisotopic (exact) mass is 549 g/mol. The Hall–Kier alpha value is -3.99. The van der Waals surface area contributed by atoms with E-state index < -0.39 is 28.6 Å². The van der Waals surface area contributed by atoms with Crippen LogP contribution in [0.1, 0.15) is 61.8 Å². The van der Waals surface area contributed by atoms with Crippen molar-refractivity contribution in [2.24, 2.45) is 5.41 Å². The van der Waals surface area contributed by atoms with Crippen LogP contribution in [0.4, 0.5) is 5.69 Å². The number of carbonyl (C=O) groups excluding carboxylic acids is 4. The fourth-order valence-corrected chi connectivity index (χ4v) is 7.16. The third-order valence-corrected chi connectivity index (χ3v) is 9.04. The number of epoxide rings is 1. The first-order chi connectivity index (χ1) is 19.0. The number of likely N-dealkylation sites (tertiary alicyclic amines) is 1. The number of carbonyl (C=O) groups is 4. The smallest absolute Gasteiger partial charge is 0.340 e. The molecule has 2 saturated heterocycles. The van der Waals surface area contributed by atoms with Crippen LogP contribution in [-0.2, 0) is 23.9 Å². The van der Waals surface area contributed by atoms with Crippen LogP contribution in [0.2, 0.25) is 0 Å². The number of methoxy groups -OCH3 is 3. The van der Waals surface area contributed by atoms with Crippen molar-refractivity contribution >= 4 is 46.2 Å². The van der Waals surface area contributed by atoms with Gasteiger partial charge in [-0.05, 0) is 25.5 Å². The molecule has 0 spiro atoms. The number of rotatable bonds is 4. The molecule has 0 radical (unpaired) electrons. The van der Waals surface area contributed by atoms with Crippen LogP contribution in [0.15, 0.2) is 12.1 Å². The van der Waals surface area contributed by atoms with E-state index in [1.54, 1.807) is 0 Å². The predicted molar refractivity (Wildman–Crippen MR) is 143 cm³/mol. The average molecular weight is 550 g/mol. The van der Waals surface area contributed by atoms with Crippen LogP contribution in [0.25, 0.3) is 17.0 Å². The summed E-state index contributed by atoms with van der Waals surface area (Å²) in [6, 6.07) is 1.46. The van der Waals surface area contributed by atoms with Gasteiger partial charge in [-0.15, -0.1) is 0 Å². The van der Waals surface area contributed by atoms with E-state index in [0.717, 1.165) is 16.9 Å². The second kappa shape index (κ2) is 8.50. The van der Waals surface area contributed by atoms with Gasteiger partial charge in [-0.2, -0.15) is 0 Å². The number of piperidine rings is 1. The Labute approximate surface area is 231 Å². The standard InChI is InChI=1S/C29H31N3O8/c1-8-29-10-9-17-15(24(29)31(13(2)33)12-18-26(29)40-18)11-16-19-21(23(38-6)22(37-5)20(16)30-17)32(14(3)34)28(4,25(19)35)27(36)39-7/h9-11,18,24,26H,8,12H2,1-7H3/t18-,24-,26-,28+,29+/m0/s1. The van der Waals surface area contributed by atoms with E-state index in [1.165, 1.54) is 42.1 Å². The Morgan fingerprint density at radius 1 is 1.12 bits per heavy atom. The lowest BCUT2D eigenvalue weighted by Crippen LogP contribution is -2.56. The SMILES string of the molecule is CC[C@@]12C=Cc3nc4c(OC)c(OC)c5c(c4cc3[C@@H]1N(C(C)=O)C[C@@H]1O[C@@H]12)C(=O)[C@](C)(C(=O)OC)N5C(C)=O. The lowest BCUT2D eigenvalue weighted by atomic mass is 9.65. The van der Waals surface area contributed by atoms with E-state index in [2.05, 4.69) is 13.0 Å². The maximum Gasteiger partial charge on any atom is 0.340 e. The number of benzene rings is 1. The zero-order valence-electron chi connectivity index (χ0n) is 23.5. The molecule has 3 aliphatic heterocycles. The number of ketones is 1. The number of hydrogen-bond donors (Lipinski definition) is 0. The van der Waals surface area contributed by atoms with Crippen molar-refractivity contribution < 1.29 is 38.1 Å². The van der Waals surface area contributed by atoms with Crippen LogP contribution in [0, 0.1) is 5.41 Å². The molecule has 1 aliphatic carbocycles. The third kappa shape index (κ3) is 3.01. The molecule has 0 bridgehead atoms. The van der Waals surface area contributed by atoms with E-state index in [4.69, 9.17) is 23.9 Å². The van der Waals surface area contributed by atoms with Crippen molar-refractivity contribution in [2.45, 2.75) is 57.9 Å². The maximum absolute atomic E-state index is 14.2. The number of fused-ring (bicyclic) bond motifs is 8. The summed E-state index contributed by atoms with van der Waals surface area (Å²) < 4.78 is 22.5. The molecular weight excluding hydrogens is 518 g/mol. The van der Waals surface area contributed by atoms with Crippen LogP contribution in [0.3, 0.4) is 0 Å². The summed E-state index contributed by atoms with van der Waals surface area (Å²) in [4.78, 5) is 61.1. The fraction of sp³-hybridized carbons (Fsp3) is 0.483. The predicted octanol–water partition coefficient (Wildman–Crippen LogP) is 2.83. The highest BCUT2D eigenvalue weighted by atomic mass is 16.6. The molecule has 6 rings (SSSR count). The summed E-state index contributed by atoms with van der Waals surface area (Å²) in [6.45, 7) is 6.70. The molecule has 2 amide bonds. The molecule has 2 aromatic rings. The van der Waals surface area contributed by atoms with Crippen molar-refractivity contribution in [3.63, 3.8) is 0 Å². The largest absolute Gasteiger partial charge is 0.491 e. The minimum atomic E-state index is -1.97. The number of esters is 1. The Bertz CT molecular complexity index is 1570. The molecule has 0 unspecified atom stereocenters. The molecule has 210 valence electrons. The summed E-state index contributed by atoms with van der Waals surface area (Å²) in [5, 5.41) is 0.387. The highest BCUT2D eigenvalue weighted by Crippen LogP contribution is 2.60. The summed E-state index contributed by atoms with van der Waals surface area (Å²) >= 11 is 0. The topological polar surface area (TPSA) is 128 Å². The average Bonchev–Trinajstić information content (AvgIpc) is 3.69. The molecule has 1 aromatic carbocycles. The molecule has 4 aliphatic rings. The molecule has 11 nitrogen and oxygen atoms in total. The lowest BCUT2D eigenvalue weighted by Gasteiger charge is -2.48. The van der Waals surface area contributed by atoms with Gasteiger partial charge in [0.1, 0.15) is 17.3 Å². The second-order valence-corrected chi connectivity index (χ2v) is 10.9. The minimum Gasteiger partial charge on any atom is -0.491 e. The highest BCUT2D eigenvalue weighted by molar-refractivity contribution is 6.34. The molecule has 40 heavy (non-hydrogen) atoms. The van der Waals surface area contributed by atoms with E-state index in [-0.39, 0.29) is 46.9 Å². The van der Waals surface area contributed by atoms with Crippen LogP contribution < -0.4 is 14.4 Å². The van der Waals surface area contributed by atoms with Gasteiger partial charge in [0.15, 0.2) is 11.5 Å². The van der Waals surface area contributed by atoms with Crippen molar-refractivity contribution in [3.8, 4) is 11.5 Å². The number of anilines is 1. The van der Waals surface area contributed by atoms with Crippen molar-refractivity contribution in [1.29, 1.82) is 0 Å². The zero-order chi connectivity index (χ0) is 28.9. The van der Waals surface area contributed by atoms with Gasteiger partial charge in [0.2, 0.25) is 23.1 Å². The van der Waals surface area contributed by atoms with E-state index in [0.29, 0.717) is 23.1 Å². The van der Waals surface area contributed by atoms with Crippen LogP contribution in [0.5, 0.6) is 11.5 Å². The normalized spacial score (nSPS) is 29.4. The first-order valence-corrected chi connectivity index (χ1v) is 13.2. The Morgan fingerprint density at radius 3 is 2.40 bits per heavy atom. The van der Waals surface area contributed by atoms with Gasteiger partial charge < -0.3 is 23.8 Å². The molecule has 4 heterocycles. The number of amides is 2. The number of nitrogens with zero attached hydrogens (tertiary/aromatic N) is 3. The van der Waals surface area contributed by atoms with Crippen molar-refractivity contribution in [3.05, 3.63) is 29.0 Å². The van der Waals surface area contributed by atoms with Gasteiger partial charge in [0.25, 0.3) is 0 Å². The Morgan fingerprint density at radius 2 is 1.82 bits per heavy atom. The van der Waals surface area contributed by atoms with Crippen molar-refractivity contribution in [2.75, 3.05) is 32.8 Å². The zero-order valence-corrected chi connectivity index (χ0v) is 23.5. The van der Waals surface area contributed by atoms with Gasteiger partial charge >= 0.3 is 5.97 Å². The van der Waals surface area contributed by atoms with E-state index >= 15 is 0 Å². The molecular formula is C29H31N3O8. The van der Waals surface area contributed by atoms with E-state index in [9.17, 15) is 19.2 Å². The van der Waals surface area contributed by atoms with Gasteiger partial charge in [0, 0.05) is 30.2 Å². The maximum atomic E-state index is 14.2. The minimum absolute atomic E-state index is 0.0280. The van der Waals surface area contributed by atoms with Crippen LogP contribution in [-0.4, -0.2) is 79.1 Å². The molecule has 2 fully saturated rings. The Kier molecular flexibility index (Phi) is 5.58. The molecule has 1 aromatic heterocycles. The first-order valence-electron chi connectivity index (χ1n) is 13.2. The summed E-state index contributed by atoms with van der Waals surface area (Å²) in [5.41, 5.74) is -0.502. The lowest BCUT2D eigenvalue weighted by molar-refractivity contribution is -0.145. The third-order valence-electron chi connectivity index (χ3n) is 9.04. The first kappa shape index (κ1) is 26.2. The van der Waals surface area contributed by atoms with Gasteiger partial charge in [0.05, 0.1) is 51.3 Å². The summed E-state index contributed by atoms with van der Waals surface area (Å²) in [5.74, 6) is -1.83. The number of pyridine rings is 1. The summed E-state index contributed by atoms with van der Waals surface area (Å²) in [6.07, 6.45) is 4.68. The van der Waals surface area contributed by atoms with Gasteiger partial charge in [-0.1, -0.05) is 13.0 Å². The molecule has 5 atom stereocenters.